The number of piperazine rings is 1. The molecule has 2 saturated heterocycles. The number of fused-ring (bicyclic) bond motifs is 1. The van der Waals surface area contributed by atoms with Gasteiger partial charge >= 0.3 is 0 Å². The number of hydrogen-bond donors (Lipinski definition) is 1. The van der Waals surface area contributed by atoms with E-state index in [-0.39, 0.29) is 0 Å². The van der Waals surface area contributed by atoms with Gasteiger partial charge in [0.15, 0.2) is 0 Å². The zero-order valence-corrected chi connectivity index (χ0v) is 31.8. The van der Waals surface area contributed by atoms with Crippen LogP contribution in [0.5, 0.6) is 0 Å². The van der Waals surface area contributed by atoms with Gasteiger partial charge in [-0.3, -0.25) is 9.67 Å². The molecule has 0 spiro atoms. The number of aromatic nitrogens is 5. The van der Waals surface area contributed by atoms with Crippen molar-refractivity contribution in [2.75, 3.05) is 54.4 Å². The van der Waals surface area contributed by atoms with E-state index in [1.165, 1.54) is 54.9 Å². The summed E-state index contributed by atoms with van der Waals surface area (Å²) in [6.07, 6.45) is 10.2. The van der Waals surface area contributed by atoms with Crippen molar-refractivity contribution in [1.29, 1.82) is 0 Å². The Hall–Kier alpha value is -5.19. The van der Waals surface area contributed by atoms with Crippen molar-refractivity contribution in [3.05, 3.63) is 102 Å². The van der Waals surface area contributed by atoms with Gasteiger partial charge in [-0.25, -0.2) is 13.8 Å². The number of nitrogens with zero attached hydrogens (tertiary/aromatic N) is 8. The number of pyridine rings is 1. The second kappa shape index (κ2) is 14.9. The van der Waals surface area contributed by atoms with E-state index < -0.39 is 11.6 Å². The van der Waals surface area contributed by atoms with Gasteiger partial charge in [-0.1, -0.05) is 32.4 Å². The summed E-state index contributed by atoms with van der Waals surface area (Å²) in [5.74, 6) is 0.996. The quantitative estimate of drug-likeness (QED) is 0.138. The molecule has 54 heavy (non-hydrogen) atoms. The molecule has 0 bridgehead atoms. The number of halogens is 2. The molecule has 5 aromatic rings. The molecule has 0 amide bonds. The Kier molecular flexibility index (Phi) is 9.89. The predicted molar refractivity (Wildman–Crippen MR) is 214 cm³/mol. The fourth-order valence-corrected chi connectivity index (χ4v) is 8.32. The molecule has 0 radical (unpaired) electrons. The molecule has 3 aromatic heterocycles. The number of benzene rings is 2. The average Bonchev–Trinajstić information content (AvgIpc) is 3.85. The molecule has 1 aliphatic carbocycles. The van der Waals surface area contributed by atoms with Crippen molar-refractivity contribution < 1.29 is 8.78 Å². The van der Waals surface area contributed by atoms with Crippen LogP contribution in [0.15, 0.2) is 73.6 Å². The zero-order chi connectivity index (χ0) is 37.5. The molecular weight excluding hydrogens is 681 g/mol. The summed E-state index contributed by atoms with van der Waals surface area (Å²) in [6, 6.07) is 14.4. The van der Waals surface area contributed by atoms with Crippen molar-refractivity contribution >= 4 is 34.1 Å². The van der Waals surface area contributed by atoms with Gasteiger partial charge in [-0.2, -0.15) is 5.10 Å². The monoisotopic (exact) mass is 731 g/mol. The maximum absolute atomic E-state index is 13.8. The molecule has 0 unspecified atom stereocenters. The Bertz CT molecular complexity index is 2160. The number of piperidine rings is 1. The molecule has 1 saturated carbocycles. The lowest BCUT2D eigenvalue weighted by molar-refractivity contribution is 0.268. The van der Waals surface area contributed by atoms with Gasteiger partial charge < -0.3 is 24.6 Å². The van der Waals surface area contributed by atoms with Crippen LogP contribution in [-0.2, 0) is 20.5 Å². The highest BCUT2D eigenvalue weighted by atomic mass is 19.1. The lowest BCUT2D eigenvalue weighted by Gasteiger charge is -2.42. The van der Waals surface area contributed by atoms with Crippen LogP contribution in [0.1, 0.15) is 55.5 Å². The van der Waals surface area contributed by atoms with Crippen molar-refractivity contribution in [3.63, 3.8) is 0 Å². The highest BCUT2D eigenvalue weighted by Gasteiger charge is 2.28. The van der Waals surface area contributed by atoms with Crippen LogP contribution in [0.4, 0.5) is 26.1 Å². The third kappa shape index (κ3) is 7.58. The maximum Gasteiger partial charge on any atom is 0.208 e. The topological polar surface area (TPSA) is 70.3 Å². The molecule has 9 nitrogen and oxygen atoms in total. The number of aryl methyl sites for hydroxylation is 3. The van der Waals surface area contributed by atoms with E-state index >= 15 is 0 Å². The molecule has 11 heteroatoms. The molecule has 282 valence electrons. The normalized spacial score (nSPS) is 16.7. The third-order valence-electron chi connectivity index (χ3n) is 11.7. The molecule has 5 heterocycles. The Balaban J connectivity index is 0.891. The number of allylic oxidation sites excluding steroid dienone is 1. The minimum Gasteiger partial charge on any atom is -0.372 e. The van der Waals surface area contributed by atoms with E-state index in [1.54, 1.807) is 0 Å². The standard InChI is InChI=1S/C43H51F2N9/c1-28-21-33(22-40(47-28)38-27-46-51(5)41(38)8-6-7-31-9-10-31)29(2)48-43-49-39-12-11-36(26-42(39)50(43)4)53-15-13-32(14-16-53)30(3)52-17-19-54(20-18-52)37-24-34(44)23-35(45)25-37/h11-12,21-27,31-32H,2-3,6-10,13-20H2,1,4-5H3,(H,48,49). The van der Waals surface area contributed by atoms with Crippen molar-refractivity contribution in [3.8, 4) is 11.3 Å². The summed E-state index contributed by atoms with van der Waals surface area (Å²) in [5.41, 5.74) is 10.9. The Labute approximate surface area is 317 Å². The Morgan fingerprint density at radius 2 is 1.56 bits per heavy atom. The van der Waals surface area contributed by atoms with Gasteiger partial charge in [-0.15, -0.1) is 0 Å². The molecule has 8 rings (SSSR count). The van der Waals surface area contributed by atoms with Crippen molar-refractivity contribution in [2.45, 2.75) is 51.9 Å². The summed E-state index contributed by atoms with van der Waals surface area (Å²) < 4.78 is 31.7. The van der Waals surface area contributed by atoms with E-state index in [0.29, 0.717) is 24.7 Å². The highest BCUT2D eigenvalue weighted by Crippen LogP contribution is 2.35. The second-order valence-corrected chi connectivity index (χ2v) is 15.5. The lowest BCUT2D eigenvalue weighted by Crippen LogP contribution is -2.47. The fraction of sp³-hybridized carbons (Fsp3) is 0.419. The largest absolute Gasteiger partial charge is 0.372 e. The highest BCUT2D eigenvalue weighted by molar-refractivity contribution is 5.85. The summed E-state index contributed by atoms with van der Waals surface area (Å²) in [6.45, 7) is 15.9. The van der Waals surface area contributed by atoms with Gasteiger partial charge in [0, 0.05) is 111 Å². The van der Waals surface area contributed by atoms with Crippen LogP contribution in [-0.4, -0.2) is 68.5 Å². The van der Waals surface area contributed by atoms with Crippen LogP contribution in [0.2, 0.25) is 0 Å². The van der Waals surface area contributed by atoms with Gasteiger partial charge in [-0.05, 0) is 81.0 Å². The first-order valence-corrected chi connectivity index (χ1v) is 19.4. The first-order chi connectivity index (χ1) is 26.1. The van der Waals surface area contributed by atoms with Crippen LogP contribution in [0, 0.1) is 30.4 Å². The molecule has 0 atom stereocenters. The van der Waals surface area contributed by atoms with Gasteiger partial charge in [0.25, 0.3) is 0 Å². The van der Waals surface area contributed by atoms with Crippen molar-refractivity contribution in [1.82, 2.24) is 29.2 Å². The van der Waals surface area contributed by atoms with Crippen LogP contribution >= 0.6 is 0 Å². The lowest BCUT2D eigenvalue weighted by atomic mass is 9.92. The minimum absolute atomic E-state index is 0.413. The molecule has 3 aliphatic rings. The Morgan fingerprint density at radius 1 is 0.833 bits per heavy atom. The average molecular weight is 732 g/mol. The summed E-state index contributed by atoms with van der Waals surface area (Å²) in [5, 5.41) is 8.10. The fourth-order valence-electron chi connectivity index (χ4n) is 8.32. The summed E-state index contributed by atoms with van der Waals surface area (Å²) in [4.78, 5) is 16.7. The van der Waals surface area contributed by atoms with E-state index in [9.17, 15) is 8.78 Å². The van der Waals surface area contributed by atoms with Crippen LogP contribution in [0.3, 0.4) is 0 Å². The van der Waals surface area contributed by atoms with Gasteiger partial charge in [0.05, 0.1) is 22.9 Å². The summed E-state index contributed by atoms with van der Waals surface area (Å²) >= 11 is 0. The predicted octanol–water partition coefficient (Wildman–Crippen LogP) is 8.32. The van der Waals surface area contributed by atoms with Crippen LogP contribution in [0.25, 0.3) is 28.0 Å². The van der Waals surface area contributed by atoms with E-state index in [4.69, 9.17) is 9.97 Å². The van der Waals surface area contributed by atoms with Gasteiger partial charge in [0.2, 0.25) is 5.95 Å². The third-order valence-corrected chi connectivity index (χ3v) is 11.7. The first-order valence-electron chi connectivity index (χ1n) is 19.4. The number of imidazole rings is 1. The zero-order valence-electron chi connectivity index (χ0n) is 31.8. The minimum atomic E-state index is -0.538. The molecular formula is C43H51F2N9. The Morgan fingerprint density at radius 3 is 2.28 bits per heavy atom. The number of nitrogens with one attached hydrogen (secondary N) is 1. The van der Waals surface area contributed by atoms with Crippen LogP contribution < -0.4 is 15.1 Å². The maximum atomic E-state index is 13.8. The SMILES string of the molecule is C=C(Nc1nc2ccc(N3CCC(C(=C)N4CCN(c5cc(F)cc(F)c5)CC4)CC3)cc2n1C)c1cc(C)nc(-c2cnn(C)c2CCCC2CC2)c1. The van der Waals surface area contributed by atoms with E-state index in [0.717, 1.165) is 103 Å². The van der Waals surface area contributed by atoms with Gasteiger partial charge in [0.1, 0.15) is 11.6 Å². The van der Waals surface area contributed by atoms with E-state index in [2.05, 4.69) is 73.2 Å². The molecule has 2 aromatic carbocycles. The summed E-state index contributed by atoms with van der Waals surface area (Å²) in [7, 11) is 4.07. The second-order valence-electron chi connectivity index (χ2n) is 15.5. The van der Waals surface area contributed by atoms with E-state index in [1.807, 2.05) is 31.9 Å². The first kappa shape index (κ1) is 35.8. The molecule has 2 aliphatic heterocycles. The number of anilines is 3. The number of rotatable bonds is 12. The molecule has 1 N–H and O–H groups in total. The smallest absolute Gasteiger partial charge is 0.208 e. The van der Waals surface area contributed by atoms with Crippen molar-refractivity contribution in [2.24, 2.45) is 25.9 Å². The number of hydrogen-bond acceptors (Lipinski definition) is 7. The molecule has 3 fully saturated rings.